The van der Waals surface area contributed by atoms with Crippen LogP contribution in [0.15, 0.2) is 0 Å². The van der Waals surface area contributed by atoms with Gasteiger partial charge in [0.25, 0.3) is 0 Å². The Hall–Kier alpha value is -0.610. The first-order chi connectivity index (χ1) is 8.59. The van der Waals surface area contributed by atoms with Crippen LogP contribution in [0, 0.1) is 17.3 Å². The van der Waals surface area contributed by atoms with Crippen LogP contribution in [0.2, 0.25) is 0 Å². The van der Waals surface area contributed by atoms with Crippen molar-refractivity contribution in [1.82, 2.24) is 10.6 Å². The molecule has 2 fully saturated rings. The van der Waals surface area contributed by atoms with Crippen molar-refractivity contribution in [2.75, 3.05) is 32.8 Å². The van der Waals surface area contributed by atoms with Crippen molar-refractivity contribution in [3.05, 3.63) is 0 Å². The number of hydrogen-bond acceptors (Lipinski definition) is 3. The highest BCUT2D eigenvalue weighted by atomic mass is 16.5. The second-order valence-corrected chi connectivity index (χ2v) is 6.34. The highest BCUT2D eigenvalue weighted by molar-refractivity contribution is 5.79. The Kier molecular flexibility index (Phi) is 4.62. The summed E-state index contributed by atoms with van der Waals surface area (Å²) in [6.45, 7) is 8.77. The summed E-state index contributed by atoms with van der Waals surface area (Å²) in [6.07, 6.45) is 3.11. The molecular weight excluding hydrogens is 228 g/mol. The molecule has 2 N–H and O–H groups in total. The standard InChI is InChI=1S/C14H26N2O2/c1-11-7-12(9-15-8-11)13(17)16-10-14(2)3-5-18-6-4-14/h11-12,15H,3-10H2,1-2H3,(H,16,17). The van der Waals surface area contributed by atoms with Crippen LogP contribution in [0.5, 0.6) is 0 Å². The maximum Gasteiger partial charge on any atom is 0.224 e. The van der Waals surface area contributed by atoms with E-state index in [1.54, 1.807) is 0 Å². The molecule has 4 nitrogen and oxygen atoms in total. The number of carbonyl (C=O) groups is 1. The SMILES string of the molecule is CC1CNCC(C(=O)NCC2(C)CCOCC2)C1. The lowest BCUT2D eigenvalue weighted by molar-refractivity contribution is -0.126. The average Bonchev–Trinajstić information content (AvgIpc) is 2.37. The summed E-state index contributed by atoms with van der Waals surface area (Å²) in [6, 6.07) is 0. The summed E-state index contributed by atoms with van der Waals surface area (Å²) < 4.78 is 5.38. The fourth-order valence-electron chi connectivity index (χ4n) is 2.84. The third-order valence-corrected chi connectivity index (χ3v) is 4.33. The molecule has 2 aliphatic heterocycles. The van der Waals surface area contributed by atoms with Crippen LogP contribution in [0.1, 0.15) is 33.1 Å². The van der Waals surface area contributed by atoms with Crippen molar-refractivity contribution in [2.45, 2.75) is 33.1 Å². The Balaban J connectivity index is 1.76. The number of carbonyl (C=O) groups excluding carboxylic acids is 1. The number of rotatable bonds is 3. The smallest absolute Gasteiger partial charge is 0.224 e. The predicted molar refractivity (Wildman–Crippen MR) is 71.3 cm³/mol. The first-order valence-corrected chi connectivity index (χ1v) is 7.15. The Morgan fingerprint density at radius 1 is 1.39 bits per heavy atom. The van der Waals surface area contributed by atoms with Gasteiger partial charge in [0.2, 0.25) is 5.91 Å². The molecule has 1 amide bonds. The van der Waals surface area contributed by atoms with E-state index in [-0.39, 0.29) is 17.2 Å². The Labute approximate surface area is 110 Å². The number of amides is 1. The number of nitrogens with one attached hydrogen (secondary N) is 2. The Morgan fingerprint density at radius 2 is 2.11 bits per heavy atom. The van der Waals surface area contributed by atoms with Gasteiger partial charge in [0.1, 0.15) is 0 Å². The summed E-state index contributed by atoms with van der Waals surface area (Å²) in [5.41, 5.74) is 0.224. The zero-order valence-corrected chi connectivity index (χ0v) is 11.6. The highest BCUT2D eigenvalue weighted by Crippen LogP contribution is 2.28. The summed E-state index contributed by atoms with van der Waals surface area (Å²) >= 11 is 0. The van der Waals surface area contributed by atoms with Crippen molar-refractivity contribution >= 4 is 5.91 Å². The molecule has 0 aromatic rings. The molecule has 0 bridgehead atoms. The molecule has 2 rings (SSSR count). The summed E-state index contributed by atoms with van der Waals surface area (Å²) in [4.78, 5) is 12.1. The van der Waals surface area contributed by atoms with E-state index in [9.17, 15) is 4.79 Å². The van der Waals surface area contributed by atoms with Gasteiger partial charge in [0, 0.05) is 26.3 Å². The molecular formula is C14H26N2O2. The average molecular weight is 254 g/mol. The minimum atomic E-state index is 0.150. The first kappa shape index (κ1) is 13.8. The van der Waals surface area contributed by atoms with Gasteiger partial charge in [-0.1, -0.05) is 13.8 Å². The third-order valence-electron chi connectivity index (χ3n) is 4.33. The summed E-state index contributed by atoms with van der Waals surface area (Å²) in [7, 11) is 0. The fourth-order valence-corrected chi connectivity index (χ4v) is 2.84. The van der Waals surface area contributed by atoms with E-state index in [2.05, 4.69) is 24.5 Å². The molecule has 2 atom stereocenters. The van der Waals surface area contributed by atoms with Gasteiger partial charge < -0.3 is 15.4 Å². The lowest BCUT2D eigenvalue weighted by Crippen LogP contribution is -2.46. The normalized spacial score (nSPS) is 31.9. The van der Waals surface area contributed by atoms with Crippen LogP contribution < -0.4 is 10.6 Å². The summed E-state index contributed by atoms with van der Waals surface area (Å²) in [5.74, 6) is 0.979. The van der Waals surface area contributed by atoms with Gasteiger partial charge in [0.05, 0.1) is 5.92 Å². The molecule has 0 aromatic heterocycles. The van der Waals surface area contributed by atoms with Crippen molar-refractivity contribution in [2.24, 2.45) is 17.3 Å². The highest BCUT2D eigenvalue weighted by Gasteiger charge is 2.30. The van der Waals surface area contributed by atoms with E-state index >= 15 is 0 Å². The third kappa shape index (κ3) is 3.69. The minimum Gasteiger partial charge on any atom is -0.381 e. The van der Waals surface area contributed by atoms with E-state index in [0.29, 0.717) is 5.92 Å². The second-order valence-electron chi connectivity index (χ2n) is 6.34. The zero-order chi connectivity index (χ0) is 13.0. The fraction of sp³-hybridized carbons (Fsp3) is 0.929. The van der Waals surface area contributed by atoms with E-state index in [1.807, 2.05) is 0 Å². The van der Waals surface area contributed by atoms with Crippen molar-refractivity contribution in [1.29, 1.82) is 0 Å². The molecule has 0 spiro atoms. The van der Waals surface area contributed by atoms with Crippen LogP contribution in [0.4, 0.5) is 0 Å². The van der Waals surface area contributed by atoms with Gasteiger partial charge in [-0.2, -0.15) is 0 Å². The van der Waals surface area contributed by atoms with Crippen LogP contribution >= 0.6 is 0 Å². The zero-order valence-electron chi connectivity index (χ0n) is 11.6. The van der Waals surface area contributed by atoms with Crippen LogP contribution in [-0.2, 0) is 9.53 Å². The van der Waals surface area contributed by atoms with E-state index in [1.165, 1.54) is 0 Å². The molecule has 0 saturated carbocycles. The van der Waals surface area contributed by atoms with E-state index in [0.717, 1.165) is 52.1 Å². The Morgan fingerprint density at radius 3 is 2.78 bits per heavy atom. The lowest BCUT2D eigenvalue weighted by atomic mass is 9.82. The molecule has 18 heavy (non-hydrogen) atoms. The summed E-state index contributed by atoms with van der Waals surface area (Å²) in [5, 5.41) is 6.48. The van der Waals surface area contributed by atoms with Gasteiger partial charge in [-0.05, 0) is 37.1 Å². The van der Waals surface area contributed by atoms with Crippen LogP contribution in [-0.4, -0.2) is 38.8 Å². The molecule has 104 valence electrons. The van der Waals surface area contributed by atoms with Gasteiger partial charge in [0.15, 0.2) is 0 Å². The topological polar surface area (TPSA) is 50.4 Å². The minimum absolute atomic E-state index is 0.150. The maximum absolute atomic E-state index is 12.1. The van der Waals surface area contributed by atoms with Crippen molar-refractivity contribution in [3.8, 4) is 0 Å². The van der Waals surface area contributed by atoms with Gasteiger partial charge in [-0.15, -0.1) is 0 Å². The lowest BCUT2D eigenvalue weighted by Gasteiger charge is -2.34. The molecule has 0 aromatic carbocycles. The maximum atomic E-state index is 12.1. The molecule has 2 aliphatic rings. The number of hydrogen-bond donors (Lipinski definition) is 2. The van der Waals surface area contributed by atoms with E-state index in [4.69, 9.17) is 4.74 Å². The van der Waals surface area contributed by atoms with Crippen molar-refractivity contribution < 1.29 is 9.53 Å². The quantitative estimate of drug-likeness (QED) is 0.795. The molecule has 0 radical (unpaired) electrons. The number of piperidine rings is 1. The van der Waals surface area contributed by atoms with Crippen molar-refractivity contribution in [3.63, 3.8) is 0 Å². The second kappa shape index (κ2) is 6.02. The Bertz CT molecular complexity index is 288. The molecule has 2 saturated heterocycles. The largest absolute Gasteiger partial charge is 0.381 e. The first-order valence-electron chi connectivity index (χ1n) is 7.15. The predicted octanol–water partition coefficient (Wildman–Crippen LogP) is 1.16. The van der Waals surface area contributed by atoms with Crippen LogP contribution in [0.25, 0.3) is 0 Å². The van der Waals surface area contributed by atoms with Gasteiger partial charge in [-0.3, -0.25) is 4.79 Å². The van der Waals surface area contributed by atoms with Gasteiger partial charge in [-0.25, -0.2) is 0 Å². The van der Waals surface area contributed by atoms with Crippen LogP contribution in [0.3, 0.4) is 0 Å². The molecule has 4 heteroatoms. The van der Waals surface area contributed by atoms with E-state index < -0.39 is 0 Å². The molecule has 0 aliphatic carbocycles. The monoisotopic (exact) mass is 254 g/mol. The number of ether oxygens (including phenoxy) is 1. The molecule has 2 heterocycles. The van der Waals surface area contributed by atoms with Gasteiger partial charge >= 0.3 is 0 Å². The molecule has 2 unspecified atom stereocenters.